The van der Waals surface area contributed by atoms with Crippen LogP contribution in [-0.2, 0) is 9.59 Å². The Morgan fingerprint density at radius 2 is 1.62 bits per heavy atom. The summed E-state index contributed by atoms with van der Waals surface area (Å²) in [4.78, 5) is 23.1. The molecule has 0 radical (unpaired) electrons. The second-order valence-corrected chi connectivity index (χ2v) is 4.91. The molecule has 0 saturated heterocycles. The molecule has 1 fully saturated rings. The Balaban J connectivity index is 2.80. The summed E-state index contributed by atoms with van der Waals surface area (Å²) in [7, 11) is 0. The molecule has 0 aromatic carbocycles. The molecular formula is C14H22O2. The maximum atomic E-state index is 11.6. The van der Waals surface area contributed by atoms with Gasteiger partial charge in [0.25, 0.3) is 0 Å². The zero-order valence-corrected chi connectivity index (χ0v) is 10.4. The maximum Gasteiger partial charge on any atom is 0.140 e. The Labute approximate surface area is 98.1 Å². The zero-order valence-electron chi connectivity index (χ0n) is 10.4. The molecule has 90 valence electrons. The number of hydrogen-bond donors (Lipinski definition) is 0. The number of allylic oxidation sites excluding steroid dienone is 1. The van der Waals surface area contributed by atoms with Crippen LogP contribution in [0.3, 0.4) is 0 Å². The molecule has 0 N–H and O–H groups in total. The van der Waals surface area contributed by atoms with Gasteiger partial charge in [0.15, 0.2) is 0 Å². The summed E-state index contributed by atoms with van der Waals surface area (Å²) in [5.74, 6) is 0.0471. The van der Waals surface area contributed by atoms with E-state index in [2.05, 4.69) is 6.58 Å². The molecule has 2 heteroatoms. The van der Waals surface area contributed by atoms with Crippen LogP contribution in [0, 0.1) is 17.8 Å². The van der Waals surface area contributed by atoms with Crippen molar-refractivity contribution in [1.82, 2.24) is 0 Å². The average molecular weight is 222 g/mol. The Morgan fingerprint density at radius 1 is 1.12 bits per heavy atom. The summed E-state index contributed by atoms with van der Waals surface area (Å²) in [6.45, 7) is 6.86. The Kier molecular flexibility index (Phi) is 4.91. The second-order valence-electron chi connectivity index (χ2n) is 4.91. The highest BCUT2D eigenvalue weighted by Crippen LogP contribution is 2.35. The van der Waals surface area contributed by atoms with Crippen molar-refractivity contribution in [2.75, 3.05) is 0 Å². The lowest BCUT2D eigenvalue weighted by Crippen LogP contribution is -2.33. The quantitative estimate of drug-likeness (QED) is 0.529. The molecule has 1 rings (SSSR count). The normalized spacial score (nSPS) is 19.4. The van der Waals surface area contributed by atoms with Gasteiger partial charge in [0.1, 0.15) is 11.6 Å². The van der Waals surface area contributed by atoms with Crippen molar-refractivity contribution in [1.29, 1.82) is 0 Å². The Bertz CT molecular complexity index is 260. The molecule has 0 aromatic rings. The van der Waals surface area contributed by atoms with E-state index >= 15 is 0 Å². The number of rotatable bonds is 5. The smallest absolute Gasteiger partial charge is 0.140 e. The first-order chi connectivity index (χ1) is 7.57. The fourth-order valence-electron chi connectivity index (χ4n) is 2.95. The number of carbonyl (C=O) groups is 2. The summed E-state index contributed by atoms with van der Waals surface area (Å²) in [5, 5.41) is 0. The SMILES string of the molecule is C=C[C@H](C1CCCCC1)C(C(C)=O)C(C)=O. The predicted octanol–water partition coefficient (Wildman–Crippen LogP) is 3.16. The highest BCUT2D eigenvalue weighted by molar-refractivity contribution is 6.00. The standard InChI is InChI=1S/C14H22O2/c1-4-13(12-8-6-5-7-9-12)14(10(2)15)11(3)16/h4,12-14H,1,5-9H2,2-3H3/t13-/m1/s1. The van der Waals surface area contributed by atoms with E-state index in [-0.39, 0.29) is 17.5 Å². The minimum atomic E-state index is -0.458. The number of ketones is 2. The van der Waals surface area contributed by atoms with Gasteiger partial charge < -0.3 is 0 Å². The van der Waals surface area contributed by atoms with E-state index < -0.39 is 5.92 Å². The highest BCUT2D eigenvalue weighted by Gasteiger charge is 2.33. The molecule has 0 unspecified atom stereocenters. The fourth-order valence-corrected chi connectivity index (χ4v) is 2.95. The molecule has 0 spiro atoms. The summed E-state index contributed by atoms with van der Waals surface area (Å²) in [5.41, 5.74) is 0. The number of Topliss-reactive ketones (excluding diaryl/α,β-unsaturated/α-hetero) is 2. The van der Waals surface area contributed by atoms with E-state index in [1.807, 2.05) is 6.08 Å². The van der Waals surface area contributed by atoms with Crippen LogP contribution in [0.1, 0.15) is 46.0 Å². The molecule has 0 heterocycles. The van der Waals surface area contributed by atoms with Gasteiger partial charge in [-0.15, -0.1) is 6.58 Å². The zero-order chi connectivity index (χ0) is 12.1. The highest BCUT2D eigenvalue weighted by atomic mass is 16.1. The van der Waals surface area contributed by atoms with E-state index in [4.69, 9.17) is 0 Å². The lowest BCUT2D eigenvalue weighted by molar-refractivity contribution is -0.132. The topological polar surface area (TPSA) is 34.1 Å². The molecule has 16 heavy (non-hydrogen) atoms. The molecule has 1 aliphatic rings. The molecule has 0 bridgehead atoms. The monoisotopic (exact) mass is 222 g/mol. The third-order valence-electron chi connectivity index (χ3n) is 3.73. The molecule has 1 atom stereocenters. The molecule has 0 amide bonds. The first kappa shape index (κ1) is 13.1. The van der Waals surface area contributed by atoms with Gasteiger partial charge in [-0.25, -0.2) is 0 Å². The van der Waals surface area contributed by atoms with E-state index in [0.717, 1.165) is 12.8 Å². The summed E-state index contributed by atoms with van der Waals surface area (Å²) in [6, 6.07) is 0. The van der Waals surface area contributed by atoms with Crippen molar-refractivity contribution >= 4 is 11.6 Å². The van der Waals surface area contributed by atoms with Gasteiger partial charge in [0.05, 0.1) is 5.92 Å². The van der Waals surface area contributed by atoms with Crippen LogP contribution in [0.4, 0.5) is 0 Å². The molecule has 0 aromatic heterocycles. The minimum Gasteiger partial charge on any atom is -0.299 e. The first-order valence-corrected chi connectivity index (χ1v) is 6.21. The van der Waals surface area contributed by atoms with Gasteiger partial charge in [0.2, 0.25) is 0 Å². The van der Waals surface area contributed by atoms with E-state index in [0.29, 0.717) is 5.92 Å². The predicted molar refractivity (Wildman–Crippen MR) is 65.1 cm³/mol. The van der Waals surface area contributed by atoms with Crippen LogP contribution < -0.4 is 0 Å². The summed E-state index contributed by atoms with van der Waals surface area (Å²) >= 11 is 0. The van der Waals surface area contributed by atoms with Crippen molar-refractivity contribution in [3.05, 3.63) is 12.7 Å². The second kappa shape index (κ2) is 5.97. The van der Waals surface area contributed by atoms with Crippen molar-refractivity contribution in [3.8, 4) is 0 Å². The van der Waals surface area contributed by atoms with Gasteiger partial charge in [-0.2, -0.15) is 0 Å². The van der Waals surface area contributed by atoms with Gasteiger partial charge in [0, 0.05) is 0 Å². The van der Waals surface area contributed by atoms with Crippen molar-refractivity contribution < 1.29 is 9.59 Å². The number of carbonyl (C=O) groups excluding carboxylic acids is 2. The third kappa shape index (κ3) is 3.03. The van der Waals surface area contributed by atoms with Crippen molar-refractivity contribution in [3.63, 3.8) is 0 Å². The van der Waals surface area contributed by atoms with Gasteiger partial charge in [-0.1, -0.05) is 25.3 Å². The lowest BCUT2D eigenvalue weighted by atomic mass is 9.72. The Hall–Kier alpha value is -0.920. The van der Waals surface area contributed by atoms with Crippen molar-refractivity contribution in [2.45, 2.75) is 46.0 Å². The average Bonchev–Trinajstić information content (AvgIpc) is 2.25. The number of hydrogen-bond acceptors (Lipinski definition) is 2. The van der Waals surface area contributed by atoms with Crippen LogP contribution in [0.5, 0.6) is 0 Å². The lowest BCUT2D eigenvalue weighted by Gasteiger charge is -2.31. The van der Waals surface area contributed by atoms with Crippen molar-refractivity contribution in [2.24, 2.45) is 17.8 Å². The minimum absolute atomic E-state index is 0.0111. The van der Waals surface area contributed by atoms with E-state index in [1.54, 1.807) is 0 Å². The third-order valence-corrected chi connectivity index (χ3v) is 3.73. The van der Waals surface area contributed by atoms with Gasteiger partial charge in [-0.3, -0.25) is 9.59 Å². The molecule has 1 aliphatic carbocycles. The molecule has 0 aliphatic heterocycles. The van der Waals surface area contributed by atoms with Gasteiger partial charge >= 0.3 is 0 Å². The largest absolute Gasteiger partial charge is 0.299 e. The van der Waals surface area contributed by atoms with E-state index in [1.165, 1.54) is 33.1 Å². The van der Waals surface area contributed by atoms with E-state index in [9.17, 15) is 9.59 Å². The molecular weight excluding hydrogens is 200 g/mol. The van der Waals surface area contributed by atoms with Crippen LogP contribution in [0.15, 0.2) is 12.7 Å². The maximum absolute atomic E-state index is 11.6. The van der Waals surface area contributed by atoms with Gasteiger partial charge in [-0.05, 0) is 38.5 Å². The Morgan fingerprint density at radius 3 is 2.00 bits per heavy atom. The fraction of sp³-hybridized carbons (Fsp3) is 0.714. The van der Waals surface area contributed by atoms with Crippen LogP contribution in [0.25, 0.3) is 0 Å². The van der Waals surface area contributed by atoms with Crippen LogP contribution in [-0.4, -0.2) is 11.6 Å². The van der Waals surface area contributed by atoms with Crippen LogP contribution in [0.2, 0.25) is 0 Å². The first-order valence-electron chi connectivity index (χ1n) is 6.21. The molecule has 1 saturated carbocycles. The van der Waals surface area contributed by atoms with Crippen LogP contribution >= 0.6 is 0 Å². The summed E-state index contributed by atoms with van der Waals surface area (Å²) in [6.07, 6.45) is 7.81. The summed E-state index contributed by atoms with van der Waals surface area (Å²) < 4.78 is 0. The molecule has 2 nitrogen and oxygen atoms in total.